The lowest BCUT2D eigenvalue weighted by Gasteiger charge is -2.10. The highest BCUT2D eigenvalue weighted by Crippen LogP contribution is 2.41. The summed E-state index contributed by atoms with van der Waals surface area (Å²) in [6.45, 7) is 0. The predicted molar refractivity (Wildman–Crippen MR) is 167 cm³/mol. The minimum Gasteiger partial charge on any atom is -0.457 e. The maximum absolute atomic E-state index is 6.21. The van der Waals surface area contributed by atoms with Crippen molar-refractivity contribution in [2.45, 2.75) is 6.42 Å². The van der Waals surface area contributed by atoms with Gasteiger partial charge in [0.25, 0.3) is 0 Å². The van der Waals surface area contributed by atoms with Crippen LogP contribution in [0, 0.1) is 0 Å². The third-order valence-electron chi connectivity index (χ3n) is 7.49. The van der Waals surface area contributed by atoms with Crippen LogP contribution in [0.15, 0.2) is 133 Å². The quantitative estimate of drug-likeness (QED) is 0.209. The fourth-order valence-corrected chi connectivity index (χ4v) is 5.34. The first-order chi connectivity index (χ1) is 20.1. The van der Waals surface area contributed by atoms with Crippen LogP contribution in [-0.4, -0.2) is 0 Å². The van der Waals surface area contributed by atoms with Gasteiger partial charge in [0.05, 0.1) is 0 Å². The first-order valence-corrected chi connectivity index (χ1v) is 13.6. The van der Waals surface area contributed by atoms with Gasteiger partial charge in [0.2, 0.25) is 0 Å². The lowest BCUT2D eigenvalue weighted by atomic mass is 10.0. The average Bonchev–Trinajstić information content (AvgIpc) is 3.36. The van der Waals surface area contributed by atoms with Crippen LogP contribution in [0.5, 0.6) is 23.0 Å². The molecule has 0 unspecified atom stereocenters. The normalized spacial score (nSPS) is 11.5. The zero-order chi connectivity index (χ0) is 27.8. The van der Waals surface area contributed by atoms with Gasteiger partial charge < -0.3 is 20.9 Å². The van der Waals surface area contributed by atoms with Crippen molar-refractivity contribution in [3.8, 4) is 56.4 Å². The molecule has 41 heavy (non-hydrogen) atoms. The lowest BCUT2D eigenvalue weighted by molar-refractivity contribution is 0.482. The number of rotatable bonds is 6. The molecule has 1 aliphatic carbocycles. The zero-order valence-electron chi connectivity index (χ0n) is 22.4. The lowest BCUT2D eigenvalue weighted by Crippen LogP contribution is -1.88. The molecule has 0 amide bonds. The van der Waals surface area contributed by atoms with Crippen molar-refractivity contribution in [2.75, 3.05) is 11.5 Å². The number of hydrogen-bond acceptors (Lipinski definition) is 4. The Bertz CT molecular complexity index is 1700. The van der Waals surface area contributed by atoms with Gasteiger partial charge in [-0.1, -0.05) is 60.7 Å². The number of ether oxygens (including phenoxy) is 2. The molecular formula is C37H28N2O2. The van der Waals surface area contributed by atoms with Gasteiger partial charge >= 0.3 is 0 Å². The monoisotopic (exact) mass is 532 g/mol. The summed E-state index contributed by atoms with van der Waals surface area (Å²) in [6, 6.07) is 44.7. The molecule has 0 aromatic heterocycles. The van der Waals surface area contributed by atoms with Crippen molar-refractivity contribution in [2.24, 2.45) is 0 Å². The van der Waals surface area contributed by atoms with E-state index < -0.39 is 0 Å². The number of anilines is 2. The van der Waals surface area contributed by atoms with E-state index in [2.05, 4.69) is 48.5 Å². The van der Waals surface area contributed by atoms with E-state index >= 15 is 0 Å². The van der Waals surface area contributed by atoms with E-state index in [4.69, 9.17) is 20.9 Å². The Morgan fingerprint density at radius 3 is 1.05 bits per heavy atom. The molecular weight excluding hydrogens is 504 g/mol. The Morgan fingerprint density at radius 2 is 0.683 bits per heavy atom. The topological polar surface area (TPSA) is 70.5 Å². The first-order valence-electron chi connectivity index (χ1n) is 13.6. The van der Waals surface area contributed by atoms with Gasteiger partial charge in [-0.3, -0.25) is 0 Å². The molecule has 0 saturated carbocycles. The Balaban J connectivity index is 1.03. The highest BCUT2D eigenvalue weighted by Gasteiger charge is 2.20. The molecule has 0 aliphatic heterocycles. The zero-order valence-corrected chi connectivity index (χ0v) is 22.4. The van der Waals surface area contributed by atoms with Crippen LogP contribution in [0.3, 0.4) is 0 Å². The number of nitrogen functional groups attached to an aromatic ring is 2. The second-order valence-corrected chi connectivity index (χ2v) is 10.3. The molecule has 6 aromatic rings. The fraction of sp³-hybridized carbons (Fsp3) is 0.0270. The van der Waals surface area contributed by atoms with E-state index in [1.165, 1.54) is 22.3 Å². The van der Waals surface area contributed by atoms with Gasteiger partial charge in [-0.15, -0.1) is 0 Å². The van der Waals surface area contributed by atoms with Crippen LogP contribution < -0.4 is 20.9 Å². The van der Waals surface area contributed by atoms with Gasteiger partial charge in [-0.25, -0.2) is 0 Å². The predicted octanol–water partition coefficient (Wildman–Crippen LogP) is 9.34. The van der Waals surface area contributed by atoms with Crippen molar-refractivity contribution in [1.29, 1.82) is 0 Å². The summed E-state index contributed by atoms with van der Waals surface area (Å²) in [4.78, 5) is 0. The second-order valence-electron chi connectivity index (χ2n) is 10.3. The highest BCUT2D eigenvalue weighted by atomic mass is 16.5. The van der Waals surface area contributed by atoms with Gasteiger partial charge in [-0.05, 0) is 124 Å². The number of nitrogens with two attached hydrogens (primary N) is 2. The summed E-state index contributed by atoms with van der Waals surface area (Å²) in [5.74, 6) is 3.26. The molecule has 0 atom stereocenters. The molecule has 4 nitrogen and oxygen atoms in total. The Hall–Kier alpha value is -5.48. The third kappa shape index (κ3) is 5.11. The summed E-state index contributed by atoms with van der Waals surface area (Å²) in [5, 5.41) is 0. The van der Waals surface area contributed by atoms with E-state index in [-0.39, 0.29) is 0 Å². The van der Waals surface area contributed by atoms with Gasteiger partial charge in [0, 0.05) is 11.4 Å². The molecule has 198 valence electrons. The maximum Gasteiger partial charge on any atom is 0.127 e. The smallest absolute Gasteiger partial charge is 0.127 e. The van der Waals surface area contributed by atoms with E-state index in [0.29, 0.717) is 0 Å². The Morgan fingerprint density at radius 1 is 0.366 bits per heavy atom. The molecule has 0 saturated heterocycles. The van der Waals surface area contributed by atoms with Crippen LogP contribution in [0.4, 0.5) is 11.4 Å². The largest absolute Gasteiger partial charge is 0.457 e. The molecule has 0 bridgehead atoms. The van der Waals surface area contributed by atoms with E-state index in [0.717, 1.165) is 63.0 Å². The van der Waals surface area contributed by atoms with Crippen molar-refractivity contribution >= 4 is 11.4 Å². The molecule has 1 aliphatic rings. The average molecular weight is 533 g/mol. The van der Waals surface area contributed by atoms with Crippen LogP contribution >= 0.6 is 0 Å². The maximum atomic E-state index is 6.21. The van der Waals surface area contributed by atoms with Gasteiger partial charge in [-0.2, -0.15) is 0 Å². The van der Waals surface area contributed by atoms with Crippen molar-refractivity contribution in [1.82, 2.24) is 0 Å². The summed E-state index contributed by atoms with van der Waals surface area (Å²) in [7, 11) is 0. The molecule has 0 radical (unpaired) electrons. The summed E-state index contributed by atoms with van der Waals surface area (Å²) < 4.78 is 12.4. The van der Waals surface area contributed by atoms with Crippen molar-refractivity contribution in [3.05, 3.63) is 145 Å². The van der Waals surface area contributed by atoms with E-state index in [1.54, 1.807) is 0 Å². The second kappa shape index (κ2) is 10.2. The molecule has 6 aromatic carbocycles. The summed E-state index contributed by atoms with van der Waals surface area (Å²) in [5.41, 5.74) is 22.6. The fourth-order valence-electron chi connectivity index (χ4n) is 5.34. The molecule has 4 heteroatoms. The van der Waals surface area contributed by atoms with Crippen molar-refractivity contribution < 1.29 is 9.47 Å². The molecule has 0 fully saturated rings. The summed E-state index contributed by atoms with van der Waals surface area (Å²) >= 11 is 0. The molecule has 0 spiro atoms. The Kier molecular flexibility index (Phi) is 6.14. The van der Waals surface area contributed by atoms with Gasteiger partial charge in [0.15, 0.2) is 0 Å². The van der Waals surface area contributed by atoms with Crippen LogP contribution in [0.25, 0.3) is 33.4 Å². The first kappa shape index (κ1) is 24.6. The molecule has 0 heterocycles. The number of hydrogen-bond donors (Lipinski definition) is 2. The molecule has 4 N–H and O–H groups in total. The minimum absolute atomic E-state index is 0.761. The number of benzene rings is 6. The SMILES string of the molecule is Nc1ccc(-c2ccc(Oc3ccc4c(c3)Cc3cc(Oc5ccc(-c6ccc(N)cc6)cc5)ccc3-4)cc2)cc1. The standard InChI is InChI=1S/C37H28N2O2/c38-30-9-1-24(2-10-30)26-5-13-32(14-6-26)40-34-17-19-36-28(22-34)21-29-23-35(18-20-37(29)36)41-33-15-7-27(8-16-33)25-3-11-31(39)12-4-25/h1-20,22-23H,21,38-39H2. The highest BCUT2D eigenvalue weighted by molar-refractivity contribution is 5.78. The van der Waals surface area contributed by atoms with Crippen LogP contribution in [0.1, 0.15) is 11.1 Å². The van der Waals surface area contributed by atoms with Gasteiger partial charge in [0.1, 0.15) is 23.0 Å². The third-order valence-corrected chi connectivity index (χ3v) is 7.49. The van der Waals surface area contributed by atoms with Crippen molar-refractivity contribution in [3.63, 3.8) is 0 Å². The van der Waals surface area contributed by atoms with E-state index in [1.807, 2.05) is 84.9 Å². The van der Waals surface area contributed by atoms with Crippen LogP contribution in [0.2, 0.25) is 0 Å². The molecule has 7 rings (SSSR count). The minimum atomic E-state index is 0.761. The van der Waals surface area contributed by atoms with Crippen LogP contribution in [-0.2, 0) is 6.42 Å². The Labute approximate surface area is 239 Å². The van der Waals surface area contributed by atoms with E-state index in [9.17, 15) is 0 Å². The summed E-state index contributed by atoms with van der Waals surface area (Å²) in [6.07, 6.45) is 0.839. The number of fused-ring (bicyclic) bond motifs is 3.